The first-order valence-corrected chi connectivity index (χ1v) is 3.86. The van der Waals surface area contributed by atoms with Crippen LogP contribution in [0, 0.1) is 0 Å². The third-order valence-electron chi connectivity index (χ3n) is 1.26. The largest absolute Gasteiger partial charge is 0.396 e. The van der Waals surface area contributed by atoms with Crippen LogP contribution in [0.3, 0.4) is 0 Å². The van der Waals surface area contributed by atoms with Crippen molar-refractivity contribution in [3.05, 3.63) is 0 Å². The average Bonchev–Trinajstić information content (AvgIpc) is 2.02. The quantitative estimate of drug-likeness (QED) is 0.306. The Morgan fingerprint density at radius 2 is 1.50 bits per heavy atom. The van der Waals surface area contributed by atoms with Crippen molar-refractivity contribution in [3.8, 4) is 0 Å². The lowest BCUT2D eigenvalue weighted by atomic mass is 10.2. The second-order valence-electron chi connectivity index (χ2n) is 2.14. The van der Waals surface area contributed by atoms with Crippen LogP contribution in [-0.4, -0.2) is 11.7 Å². The molecule has 0 heterocycles. The summed E-state index contributed by atoms with van der Waals surface area (Å²) in [5.41, 5.74) is 0. The van der Waals surface area contributed by atoms with E-state index in [1.807, 2.05) is 0 Å². The summed E-state index contributed by atoms with van der Waals surface area (Å²) in [6.07, 6.45) is 6.08. The third-order valence-corrected chi connectivity index (χ3v) is 1.26. The van der Waals surface area contributed by atoms with Gasteiger partial charge in [-0.25, -0.2) is 0 Å². The smallest absolute Gasteiger partial charge is 0.0431 e. The predicted octanol–water partition coefficient (Wildman–Crippen LogP) is 0.768. The van der Waals surface area contributed by atoms with Gasteiger partial charge >= 0.3 is 0 Å². The molecule has 0 unspecified atom stereocenters. The first kappa shape index (κ1) is 12.5. The Bertz CT molecular complexity index is 36.6. The lowest BCUT2D eigenvalue weighted by Crippen LogP contribution is -2.02. The Kier molecular flexibility index (Phi) is 20.0. The van der Waals surface area contributed by atoms with E-state index in [9.17, 15) is 0 Å². The zero-order chi connectivity index (χ0) is 8.24. The minimum absolute atomic E-state index is 0.365. The van der Waals surface area contributed by atoms with Gasteiger partial charge in [-0.1, -0.05) is 32.6 Å². The SMILES string of the molecule is CCCCCCCO.NN. The molecule has 10 heavy (non-hydrogen) atoms. The number of hydrogen-bond donors (Lipinski definition) is 3. The molecular weight excluding hydrogens is 128 g/mol. The van der Waals surface area contributed by atoms with Crippen LogP contribution in [-0.2, 0) is 0 Å². The fourth-order valence-electron chi connectivity index (χ4n) is 0.715. The summed E-state index contributed by atoms with van der Waals surface area (Å²) in [6.45, 7) is 2.56. The van der Waals surface area contributed by atoms with Gasteiger partial charge in [0.15, 0.2) is 0 Å². The van der Waals surface area contributed by atoms with Gasteiger partial charge in [-0.15, -0.1) is 0 Å². The maximum atomic E-state index is 8.37. The first-order valence-electron chi connectivity index (χ1n) is 3.86. The Hall–Kier alpha value is -0.120. The van der Waals surface area contributed by atoms with Crippen molar-refractivity contribution in [3.63, 3.8) is 0 Å². The highest BCUT2D eigenvalue weighted by molar-refractivity contribution is 4.39. The van der Waals surface area contributed by atoms with Crippen molar-refractivity contribution in [1.29, 1.82) is 0 Å². The van der Waals surface area contributed by atoms with Gasteiger partial charge < -0.3 is 5.11 Å². The summed E-state index contributed by atoms with van der Waals surface area (Å²) in [7, 11) is 0. The molecule has 0 aromatic rings. The van der Waals surface area contributed by atoms with E-state index in [1.165, 1.54) is 25.7 Å². The summed E-state index contributed by atoms with van der Waals surface area (Å²) < 4.78 is 0. The van der Waals surface area contributed by atoms with Gasteiger partial charge in [-0.05, 0) is 6.42 Å². The van der Waals surface area contributed by atoms with Gasteiger partial charge in [0.2, 0.25) is 0 Å². The van der Waals surface area contributed by atoms with Crippen molar-refractivity contribution in [1.82, 2.24) is 0 Å². The molecular formula is C7H20N2O. The maximum absolute atomic E-state index is 8.37. The van der Waals surface area contributed by atoms with Gasteiger partial charge in [0.25, 0.3) is 0 Å². The average molecular weight is 148 g/mol. The van der Waals surface area contributed by atoms with E-state index < -0.39 is 0 Å². The molecule has 0 saturated carbocycles. The van der Waals surface area contributed by atoms with E-state index in [4.69, 9.17) is 5.11 Å². The Morgan fingerprint density at radius 3 is 1.90 bits per heavy atom. The molecule has 0 aliphatic carbocycles. The number of hydrogen-bond acceptors (Lipinski definition) is 3. The molecule has 0 saturated heterocycles. The normalized spacial score (nSPS) is 8.40. The van der Waals surface area contributed by atoms with Gasteiger partial charge in [-0.3, -0.25) is 11.7 Å². The lowest BCUT2D eigenvalue weighted by molar-refractivity contribution is 0.282. The van der Waals surface area contributed by atoms with Crippen molar-refractivity contribution >= 4 is 0 Å². The summed E-state index contributed by atoms with van der Waals surface area (Å²) in [6, 6.07) is 0. The lowest BCUT2D eigenvalue weighted by Gasteiger charge is -1.93. The molecule has 64 valence electrons. The minimum atomic E-state index is 0.365. The van der Waals surface area contributed by atoms with Crippen LogP contribution in [0.15, 0.2) is 0 Å². The van der Waals surface area contributed by atoms with Crippen LogP contribution in [0.5, 0.6) is 0 Å². The molecule has 0 atom stereocenters. The van der Waals surface area contributed by atoms with E-state index in [0.29, 0.717) is 6.61 Å². The molecule has 0 aliphatic heterocycles. The maximum Gasteiger partial charge on any atom is 0.0431 e. The predicted molar refractivity (Wildman–Crippen MR) is 44.2 cm³/mol. The molecule has 3 nitrogen and oxygen atoms in total. The monoisotopic (exact) mass is 148 g/mol. The fraction of sp³-hybridized carbons (Fsp3) is 1.00. The fourth-order valence-corrected chi connectivity index (χ4v) is 0.715. The number of rotatable bonds is 5. The van der Waals surface area contributed by atoms with E-state index in [2.05, 4.69) is 18.6 Å². The number of unbranched alkanes of at least 4 members (excludes halogenated alkanes) is 4. The molecule has 3 heteroatoms. The van der Waals surface area contributed by atoms with Crippen LogP contribution in [0.1, 0.15) is 39.0 Å². The van der Waals surface area contributed by atoms with Crippen molar-refractivity contribution in [2.45, 2.75) is 39.0 Å². The molecule has 0 fully saturated rings. The minimum Gasteiger partial charge on any atom is -0.396 e. The van der Waals surface area contributed by atoms with Crippen molar-refractivity contribution < 1.29 is 5.11 Å². The van der Waals surface area contributed by atoms with Gasteiger partial charge in [0.1, 0.15) is 0 Å². The van der Waals surface area contributed by atoms with Crippen LogP contribution in [0.2, 0.25) is 0 Å². The van der Waals surface area contributed by atoms with E-state index >= 15 is 0 Å². The first-order chi connectivity index (χ1) is 4.91. The molecule has 0 radical (unpaired) electrons. The zero-order valence-electron chi connectivity index (χ0n) is 6.84. The highest BCUT2D eigenvalue weighted by Crippen LogP contribution is 2.00. The number of aliphatic hydroxyl groups is 1. The molecule has 0 aliphatic rings. The molecule has 5 N–H and O–H groups in total. The molecule has 0 amide bonds. The van der Waals surface area contributed by atoms with Gasteiger partial charge in [0.05, 0.1) is 0 Å². The van der Waals surface area contributed by atoms with Crippen LogP contribution in [0.25, 0.3) is 0 Å². The molecule has 0 aromatic carbocycles. The molecule has 0 spiro atoms. The Labute approximate surface area is 63.4 Å². The standard InChI is InChI=1S/C7H16O.H4N2/c1-2-3-4-5-6-7-8;1-2/h8H,2-7H2,1H3;1-2H2. The Balaban J connectivity index is 0. The van der Waals surface area contributed by atoms with Crippen LogP contribution < -0.4 is 11.7 Å². The second kappa shape index (κ2) is 15.9. The van der Waals surface area contributed by atoms with Crippen molar-refractivity contribution in [2.75, 3.05) is 6.61 Å². The summed E-state index contributed by atoms with van der Waals surface area (Å²) in [5, 5.41) is 8.37. The summed E-state index contributed by atoms with van der Waals surface area (Å²) >= 11 is 0. The number of nitrogens with two attached hydrogens (primary N) is 2. The molecule has 0 aromatic heterocycles. The van der Waals surface area contributed by atoms with E-state index in [0.717, 1.165) is 6.42 Å². The van der Waals surface area contributed by atoms with Gasteiger partial charge in [-0.2, -0.15) is 0 Å². The molecule has 0 rings (SSSR count). The van der Waals surface area contributed by atoms with E-state index in [1.54, 1.807) is 0 Å². The van der Waals surface area contributed by atoms with Gasteiger partial charge in [0, 0.05) is 6.61 Å². The number of aliphatic hydroxyl groups excluding tert-OH is 1. The third kappa shape index (κ3) is 15.7. The molecule has 0 bridgehead atoms. The topological polar surface area (TPSA) is 72.3 Å². The highest BCUT2D eigenvalue weighted by Gasteiger charge is 1.84. The summed E-state index contributed by atoms with van der Waals surface area (Å²) in [4.78, 5) is 0. The second-order valence-corrected chi connectivity index (χ2v) is 2.14. The number of hydrazine groups is 1. The summed E-state index contributed by atoms with van der Waals surface area (Å²) in [5.74, 6) is 8.00. The highest BCUT2D eigenvalue weighted by atomic mass is 16.2. The zero-order valence-corrected chi connectivity index (χ0v) is 6.84. The van der Waals surface area contributed by atoms with Crippen LogP contribution in [0.4, 0.5) is 0 Å². The van der Waals surface area contributed by atoms with Crippen molar-refractivity contribution in [2.24, 2.45) is 11.7 Å². The van der Waals surface area contributed by atoms with Crippen LogP contribution >= 0.6 is 0 Å². The van der Waals surface area contributed by atoms with E-state index in [-0.39, 0.29) is 0 Å². The Morgan fingerprint density at radius 1 is 1.00 bits per heavy atom.